The van der Waals surface area contributed by atoms with E-state index >= 15 is 0 Å². The van der Waals surface area contributed by atoms with Crippen molar-refractivity contribution in [2.45, 2.75) is 152 Å². The Hall–Kier alpha value is -3.11. The largest absolute Gasteiger partial charge is 0.481 e. The fourth-order valence-electron chi connectivity index (χ4n) is 14.1. The summed E-state index contributed by atoms with van der Waals surface area (Å²) in [6.45, 7) is 23.6. The van der Waals surface area contributed by atoms with Crippen LogP contribution in [-0.4, -0.2) is 84.5 Å². The second-order valence-electron chi connectivity index (χ2n) is 22.3. The quantitative estimate of drug-likeness (QED) is 0.183. The van der Waals surface area contributed by atoms with Gasteiger partial charge >= 0.3 is 17.9 Å². The molecule has 0 unspecified atom stereocenters. The van der Waals surface area contributed by atoms with Crippen LogP contribution in [0, 0.1) is 62.0 Å². The lowest BCUT2D eigenvalue weighted by Crippen LogP contribution is -2.66. The average molecular weight is 835 g/mol. The molecule has 0 amide bonds. The van der Waals surface area contributed by atoms with Gasteiger partial charge < -0.3 is 19.5 Å². The summed E-state index contributed by atoms with van der Waals surface area (Å²) < 4.78 is 26.7. The highest BCUT2D eigenvalue weighted by molar-refractivity contribution is 6.01. The molecule has 0 radical (unpaired) electrons. The zero-order valence-electron chi connectivity index (χ0n) is 38.8. The van der Waals surface area contributed by atoms with Gasteiger partial charge in [0.25, 0.3) is 0 Å². The molecule has 1 aromatic rings. The summed E-state index contributed by atoms with van der Waals surface area (Å²) in [5.41, 5.74) is 1.03. The number of hydrogen-bond acceptors (Lipinski definition) is 8. The Morgan fingerprint density at radius 3 is 2.17 bits per heavy atom. The topological polar surface area (TPSA) is 113 Å². The van der Waals surface area contributed by atoms with E-state index in [1.165, 1.54) is 24.6 Å². The molecule has 5 aliphatic rings. The number of allylic oxidation sites excluding steroid dienone is 1. The van der Waals surface area contributed by atoms with E-state index in [1.807, 2.05) is 26.2 Å². The number of nitrogens with zero attached hydrogens (tertiary/aromatic N) is 2. The highest BCUT2D eigenvalue weighted by atomic mass is 19.1. The van der Waals surface area contributed by atoms with Gasteiger partial charge in [-0.2, -0.15) is 0 Å². The van der Waals surface area contributed by atoms with E-state index in [9.17, 15) is 28.7 Å². The molecule has 60 heavy (non-hydrogen) atoms. The van der Waals surface area contributed by atoms with Crippen LogP contribution in [0.15, 0.2) is 35.4 Å². The molecular formula is C50H75FN2O7. The van der Waals surface area contributed by atoms with E-state index < -0.39 is 28.9 Å². The zero-order chi connectivity index (χ0) is 44.4. The number of carboxylic acid groups (broad SMARTS) is 1. The number of likely N-dealkylation sites (N-methyl/N-ethyl adjacent to an activating group) is 1. The molecule has 9 atom stereocenters. The van der Waals surface area contributed by atoms with Crippen LogP contribution in [0.2, 0.25) is 0 Å². The van der Waals surface area contributed by atoms with Gasteiger partial charge in [-0.05, 0) is 148 Å². The van der Waals surface area contributed by atoms with Gasteiger partial charge in [-0.25, -0.2) is 4.39 Å². The van der Waals surface area contributed by atoms with E-state index in [1.54, 1.807) is 13.8 Å². The van der Waals surface area contributed by atoms with Crippen LogP contribution >= 0.6 is 0 Å². The number of carbonyl (C=O) groups is 4. The number of benzene rings is 1. The van der Waals surface area contributed by atoms with Crippen LogP contribution in [0.5, 0.6) is 0 Å². The Balaban J connectivity index is 1.33. The molecule has 1 aromatic carbocycles. The molecule has 0 bridgehead atoms. The first kappa shape index (κ1) is 46.4. The van der Waals surface area contributed by atoms with E-state index in [2.05, 4.69) is 58.3 Å². The third-order valence-electron chi connectivity index (χ3n) is 17.4. The highest BCUT2D eigenvalue weighted by Gasteiger charge is 2.71. The third kappa shape index (κ3) is 8.03. The molecule has 9 nitrogen and oxygen atoms in total. The molecule has 5 aliphatic carbocycles. The van der Waals surface area contributed by atoms with Crippen molar-refractivity contribution in [1.29, 1.82) is 0 Å². The number of carbonyl (C=O) groups excluding carboxylic acids is 3. The van der Waals surface area contributed by atoms with E-state index in [-0.39, 0.29) is 63.6 Å². The standard InChI is InChI=1S/C50H75FN2O7/c1-31(2)42-36(55)27-50(40(59-32(3)54)30-53(26-25-52(11)12)29-33-13-15-34(51)16-14-33)24-23-48(9)35(43(42)50)17-18-38-47(8)21-20-39(60-41(56)28-45(4,5)44(57)58)46(6,7)37(47)19-22-49(38,48)10/h13-16,31,35,37-40H,17-30H2,1-12H3,(H,57,58)/t35-,37+,38-,39+,40+,47+,48-,49-,50-/m1/s1. The van der Waals surface area contributed by atoms with E-state index in [0.29, 0.717) is 31.3 Å². The molecule has 0 aromatic heterocycles. The first-order valence-corrected chi connectivity index (χ1v) is 22.8. The Kier molecular flexibility index (Phi) is 12.8. The summed E-state index contributed by atoms with van der Waals surface area (Å²) in [5.74, 6) is -0.888. The number of hydrogen-bond donors (Lipinski definition) is 1. The summed E-state index contributed by atoms with van der Waals surface area (Å²) in [7, 11) is 4.09. The van der Waals surface area contributed by atoms with Crippen molar-refractivity contribution >= 4 is 23.7 Å². The van der Waals surface area contributed by atoms with Crippen molar-refractivity contribution in [3.05, 3.63) is 46.8 Å². The third-order valence-corrected chi connectivity index (χ3v) is 17.4. The van der Waals surface area contributed by atoms with Gasteiger partial charge in [0, 0.05) is 50.4 Å². The summed E-state index contributed by atoms with van der Waals surface area (Å²) in [6.07, 6.45) is 6.85. The molecule has 10 heteroatoms. The number of aliphatic carboxylic acids is 1. The number of ether oxygens (including phenoxy) is 2. The molecule has 0 aliphatic heterocycles. The summed E-state index contributed by atoms with van der Waals surface area (Å²) in [4.78, 5) is 57.2. The fourth-order valence-corrected chi connectivity index (χ4v) is 14.1. The minimum Gasteiger partial charge on any atom is -0.481 e. The molecule has 334 valence electrons. The Labute approximate surface area is 359 Å². The normalized spacial score (nSPS) is 34.2. The van der Waals surface area contributed by atoms with Crippen LogP contribution < -0.4 is 0 Å². The second-order valence-corrected chi connectivity index (χ2v) is 22.3. The fraction of sp³-hybridized carbons (Fsp3) is 0.760. The Morgan fingerprint density at radius 2 is 1.57 bits per heavy atom. The minimum absolute atomic E-state index is 0.0105. The van der Waals surface area contributed by atoms with E-state index in [4.69, 9.17) is 9.47 Å². The molecule has 0 spiro atoms. The van der Waals surface area contributed by atoms with Gasteiger partial charge in [0.1, 0.15) is 18.0 Å². The molecule has 6 rings (SSSR count). The van der Waals surface area contributed by atoms with Gasteiger partial charge in [0.15, 0.2) is 5.78 Å². The van der Waals surface area contributed by atoms with Crippen molar-refractivity contribution in [3.8, 4) is 0 Å². The summed E-state index contributed by atoms with van der Waals surface area (Å²) >= 11 is 0. The molecular weight excluding hydrogens is 760 g/mol. The molecule has 4 saturated carbocycles. The smallest absolute Gasteiger partial charge is 0.309 e. The molecule has 1 N–H and O–H groups in total. The number of fused-ring (bicyclic) bond motifs is 7. The lowest BCUT2D eigenvalue weighted by molar-refractivity contribution is -0.235. The van der Waals surface area contributed by atoms with Crippen LogP contribution in [0.3, 0.4) is 0 Å². The van der Waals surface area contributed by atoms with E-state index in [0.717, 1.165) is 75.6 Å². The second kappa shape index (κ2) is 16.5. The van der Waals surface area contributed by atoms with Gasteiger partial charge in [-0.15, -0.1) is 0 Å². The maximum absolute atomic E-state index is 14.6. The minimum atomic E-state index is -1.19. The molecule has 0 heterocycles. The highest BCUT2D eigenvalue weighted by Crippen LogP contribution is 2.77. The van der Waals surface area contributed by atoms with Crippen LogP contribution in [0.25, 0.3) is 0 Å². The first-order valence-electron chi connectivity index (χ1n) is 22.8. The molecule has 0 saturated heterocycles. The van der Waals surface area contributed by atoms with Gasteiger partial charge in [0.2, 0.25) is 0 Å². The maximum atomic E-state index is 14.6. The van der Waals surface area contributed by atoms with Gasteiger partial charge in [-0.1, -0.05) is 60.6 Å². The van der Waals surface area contributed by atoms with Crippen LogP contribution in [-0.2, 0) is 35.2 Å². The number of rotatable bonds is 14. The maximum Gasteiger partial charge on any atom is 0.309 e. The predicted octanol–water partition coefficient (Wildman–Crippen LogP) is 9.51. The summed E-state index contributed by atoms with van der Waals surface area (Å²) in [6, 6.07) is 6.63. The van der Waals surface area contributed by atoms with Crippen LogP contribution in [0.4, 0.5) is 4.39 Å². The monoisotopic (exact) mass is 835 g/mol. The predicted molar refractivity (Wildman–Crippen MR) is 231 cm³/mol. The van der Waals surface area contributed by atoms with Crippen molar-refractivity contribution in [1.82, 2.24) is 9.80 Å². The Morgan fingerprint density at radius 1 is 0.900 bits per heavy atom. The average Bonchev–Trinajstić information content (AvgIpc) is 3.45. The SMILES string of the molecule is CC(=O)O[C@@H](CN(CCN(C)C)Cc1ccc(F)cc1)[C@]12CC[C@]3(C)[C@H](CC[C@@H]4[C@@]5(C)CC[C@H](OC(=O)CC(C)(C)C(=O)O)C(C)(C)[C@@H]5CC[C@]43C)C1=C(C(C)C)C(=O)C2. The number of Topliss-reactive ketones (excluding diaryl/α,β-unsaturated/α-hetero) is 1. The number of ketones is 1. The van der Waals surface area contributed by atoms with Gasteiger partial charge in [-0.3, -0.25) is 24.1 Å². The van der Waals surface area contributed by atoms with Crippen molar-refractivity contribution in [3.63, 3.8) is 0 Å². The lowest BCUT2D eigenvalue weighted by atomic mass is 9.33. The number of halogens is 1. The van der Waals surface area contributed by atoms with Crippen molar-refractivity contribution < 1.29 is 38.1 Å². The number of esters is 2. The van der Waals surface area contributed by atoms with Gasteiger partial charge in [0.05, 0.1) is 11.8 Å². The van der Waals surface area contributed by atoms with Crippen molar-refractivity contribution in [2.75, 3.05) is 33.7 Å². The van der Waals surface area contributed by atoms with Crippen molar-refractivity contribution in [2.24, 2.45) is 56.2 Å². The lowest BCUT2D eigenvalue weighted by Gasteiger charge is -2.72. The summed E-state index contributed by atoms with van der Waals surface area (Å²) in [5, 5.41) is 9.67. The van der Waals surface area contributed by atoms with Crippen LogP contribution in [0.1, 0.15) is 139 Å². The first-order chi connectivity index (χ1) is 27.8. The Bertz CT molecular complexity index is 1850. The number of carboxylic acids is 1. The molecule has 4 fully saturated rings. The zero-order valence-corrected chi connectivity index (χ0v) is 38.8.